The van der Waals surface area contributed by atoms with Gasteiger partial charge in [-0.05, 0) is 12.1 Å². The fourth-order valence-corrected chi connectivity index (χ4v) is 1.93. The highest BCUT2D eigenvalue weighted by atomic mass is 16.2. The third-order valence-electron chi connectivity index (χ3n) is 2.87. The molecule has 1 aromatic carbocycles. The van der Waals surface area contributed by atoms with Crippen molar-refractivity contribution in [1.29, 1.82) is 0 Å². The highest BCUT2D eigenvalue weighted by Gasteiger charge is 2.09. The highest BCUT2D eigenvalue weighted by Crippen LogP contribution is 2.14. The van der Waals surface area contributed by atoms with E-state index in [4.69, 9.17) is 0 Å². The molecule has 96 valence electrons. The van der Waals surface area contributed by atoms with Crippen LogP contribution in [0.5, 0.6) is 0 Å². The number of fused-ring (bicyclic) bond motifs is 1. The highest BCUT2D eigenvalue weighted by molar-refractivity contribution is 5.97. The lowest BCUT2D eigenvalue weighted by Crippen LogP contribution is -2.23. The maximum absolute atomic E-state index is 11.9. The molecule has 0 radical (unpaired) electrons. The number of hydrogen-bond donors (Lipinski definition) is 4. The number of carbonyl (C=O) groups is 1. The average Bonchev–Trinajstić information content (AvgIpc) is 3.01. The molecule has 0 saturated carbocycles. The van der Waals surface area contributed by atoms with Gasteiger partial charge in [0.1, 0.15) is 5.69 Å². The number of aromatic amines is 3. The SMILES string of the molecule is O=C(NCc1cc(=O)[nH][nH]1)c1cc2ccccc2[nH]1. The van der Waals surface area contributed by atoms with Gasteiger partial charge in [0.25, 0.3) is 11.5 Å². The molecule has 0 spiro atoms. The second-order valence-corrected chi connectivity index (χ2v) is 4.24. The first kappa shape index (κ1) is 11.3. The van der Waals surface area contributed by atoms with Gasteiger partial charge in [0.2, 0.25) is 0 Å². The van der Waals surface area contributed by atoms with Crippen LogP contribution in [0.15, 0.2) is 41.2 Å². The smallest absolute Gasteiger partial charge is 0.268 e. The van der Waals surface area contributed by atoms with Crippen molar-refractivity contribution in [2.24, 2.45) is 0 Å². The van der Waals surface area contributed by atoms with Gasteiger partial charge in [0.05, 0.1) is 12.2 Å². The minimum Gasteiger partial charge on any atom is -0.351 e. The van der Waals surface area contributed by atoms with E-state index in [-0.39, 0.29) is 18.0 Å². The van der Waals surface area contributed by atoms with E-state index in [1.807, 2.05) is 24.3 Å². The number of hydrogen-bond acceptors (Lipinski definition) is 2. The van der Waals surface area contributed by atoms with Crippen LogP contribution < -0.4 is 10.9 Å². The fraction of sp³-hybridized carbons (Fsp3) is 0.0769. The monoisotopic (exact) mass is 256 g/mol. The first-order valence-corrected chi connectivity index (χ1v) is 5.85. The minimum absolute atomic E-state index is 0.210. The van der Waals surface area contributed by atoms with Gasteiger partial charge >= 0.3 is 0 Å². The van der Waals surface area contributed by atoms with Crippen LogP contribution in [0, 0.1) is 0 Å². The quantitative estimate of drug-likeness (QED) is 0.565. The molecular weight excluding hydrogens is 244 g/mol. The summed E-state index contributed by atoms with van der Waals surface area (Å²) in [5.74, 6) is -0.210. The third kappa shape index (κ3) is 2.28. The first-order valence-electron chi connectivity index (χ1n) is 5.85. The van der Waals surface area contributed by atoms with E-state index < -0.39 is 0 Å². The molecule has 0 unspecified atom stereocenters. The lowest BCUT2D eigenvalue weighted by Gasteiger charge is -2.00. The van der Waals surface area contributed by atoms with Gasteiger partial charge in [0.15, 0.2) is 0 Å². The lowest BCUT2D eigenvalue weighted by atomic mass is 10.2. The maximum Gasteiger partial charge on any atom is 0.268 e. The van der Waals surface area contributed by atoms with Crippen LogP contribution >= 0.6 is 0 Å². The number of aromatic nitrogens is 3. The maximum atomic E-state index is 11.9. The molecular formula is C13H12N4O2. The Labute approximate surface area is 107 Å². The van der Waals surface area contributed by atoms with Crippen LogP contribution in [-0.2, 0) is 6.54 Å². The number of para-hydroxylation sites is 1. The van der Waals surface area contributed by atoms with Crippen LogP contribution in [0.3, 0.4) is 0 Å². The Morgan fingerprint density at radius 2 is 2.00 bits per heavy atom. The molecule has 6 heteroatoms. The van der Waals surface area contributed by atoms with Crippen LogP contribution in [0.1, 0.15) is 16.2 Å². The molecule has 0 bridgehead atoms. The summed E-state index contributed by atoms with van der Waals surface area (Å²) in [6.45, 7) is 0.271. The normalized spacial score (nSPS) is 10.7. The lowest BCUT2D eigenvalue weighted by molar-refractivity contribution is 0.0946. The zero-order valence-corrected chi connectivity index (χ0v) is 9.99. The summed E-state index contributed by atoms with van der Waals surface area (Å²) in [4.78, 5) is 25.9. The van der Waals surface area contributed by atoms with Gasteiger partial charge in [-0.1, -0.05) is 18.2 Å². The van der Waals surface area contributed by atoms with E-state index in [0.717, 1.165) is 10.9 Å². The molecule has 2 heterocycles. The molecule has 1 amide bonds. The second kappa shape index (κ2) is 4.49. The number of rotatable bonds is 3. The van der Waals surface area contributed by atoms with E-state index in [0.29, 0.717) is 11.4 Å². The van der Waals surface area contributed by atoms with Crippen molar-refractivity contribution >= 4 is 16.8 Å². The first-order chi connectivity index (χ1) is 9.22. The standard InChI is InChI=1S/C13H12N4O2/c18-12-6-9(16-17-12)7-14-13(19)11-5-8-3-1-2-4-10(8)15-11/h1-6,15H,7H2,(H,14,19)(H2,16,17,18). The summed E-state index contributed by atoms with van der Waals surface area (Å²) in [6, 6.07) is 10.9. The van der Waals surface area contributed by atoms with Crippen molar-refractivity contribution in [2.75, 3.05) is 0 Å². The van der Waals surface area contributed by atoms with E-state index >= 15 is 0 Å². The fourth-order valence-electron chi connectivity index (χ4n) is 1.93. The zero-order valence-electron chi connectivity index (χ0n) is 9.99. The van der Waals surface area contributed by atoms with Crippen molar-refractivity contribution in [1.82, 2.24) is 20.5 Å². The summed E-state index contributed by atoms with van der Waals surface area (Å²) in [5.41, 5.74) is 1.84. The number of nitrogens with one attached hydrogen (secondary N) is 4. The van der Waals surface area contributed by atoms with E-state index in [1.54, 1.807) is 6.07 Å². The number of amides is 1. The van der Waals surface area contributed by atoms with Gasteiger partial charge in [-0.25, -0.2) is 0 Å². The number of carbonyl (C=O) groups excluding carboxylic acids is 1. The topological polar surface area (TPSA) is 93.5 Å². The van der Waals surface area contributed by atoms with E-state index in [9.17, 15) is 9.59 Å². The molecule has 0 saturated heterocycles. The Morgan fingerprint density at radius 1 is 1.16 bits per heavy atom. The molecule has 2 aromatic heterocycles. The van der Waals surface area contributed by atoms with Gasteiger partial charge in [-0.3, -0.25) is 14.7 Å². The summed E-state index contributed by atoms with van der Waals surface area (Å²) < 4.78 is 0. The number of H-pyrrole nitrogens is 3. The van der Waals surface area contributed by atoms with E-state index in [1.165, 1.54) is 6.07 Å². The molecule has 0 aliphatic heterocycles. The van der Waals surface area contributed by atoms with Gasteiger partial charge in [-0.15, -0.1) is 0 Å². The third-order valence-corrected chi connectivity index (χ3v) is 2.87. The minimum atomic E-state index is -0.213. The molecule has 19 heavy (non-hydrogen) atoms. The van der Waals surface area contributed by atoms with E-state index in [2.05, 4.69) is 20.5 Å². The van der Waals surface area contributed by atoms with Crippen molar-refractivity contribution < 1.29 is 4.79 Å². The summed E-state index contributed by atoms with van der Waals surface area (Å²) in [6.07, 6.45) is 0. The van der Waals surface area contributed by atoms with Gasteiger partial charge in [-0.2, -0.15) is 0 Å². The van der Waals surface area contributed by atoms with Crippen molar-refractivity contribution in [3.8, 4) is 0 Å². The molecule has 0 fully saturated rings. The summed E-state index contributed by atoms with van der Waals surface area (Å²) in [7, 11) is 0. The van der Waals surface area contributed by atoms with Crippen molar-refractivity contribution in [3.05, 3.63) is 58.1 Å². The summed E-state index contributed by atoms with van der Waals surface area (Å²) >= 11 is 0. The van der Waals surface area contributed by atoms with Crippen molar-refractivity contribution in [2.45, 2.75) is 6.54 Å². The van der Waals surface area contributed by atoms with Gasteiger partial charge in [0, 0.05) is 17.0 Å². The average molecular weight is 256 g/mol. The predicted molar refractivity (Wildman–Crippen MR) is 70.9 cm³/mol. The molecule has 3 aromatic rings. The number of benzene rings is 1. The van der Waals surface area contributed by atoms with Crippen LogP contribution in [0.2, 0.25) is 0 Å². The van der Waals surface area contributed by atoms with Crippen LogP contribution in [-0.4, -0.2) is 21.1 Å². The molecule has 6 nitrogen and oxygen atoms in total. The Balaban J connectivity index is 1.74. The molecule has 0 aliphatic rings. The zero-order chi connectivity index (χ0) is 13.2. The Morgan fingerprint density at radius 3 is 2.74 bits per heavy atom. The largest absolute Gasteiger partial charge is 0.351 e. The molecule has 0 aliphatic carbocycles. The molecule has 3 rings (SSSR count). The van der Waals surface area contributed by atoms with Crippen LogP contribution in [0.25, 0.3) is 10.9 Å². The molecule has 4 N–H and O–H groups in total. The van der Waals surface area contributed by atoms with Crippen molar-refractivity contribution in [3.63, 3.8) is 0 Å². The predicted octanol–water partition coefficient (Wildman–Crippen LogP) is 1.11. The Bertz CT molecular complexity index is 748. The Kier molecular flexibility index (Phi) is 2.68. The second-order valence-electron chi connectivity index (χ2n) is 4.24. The van der Waals surface area contributed by atoms with Crippen LogP contribution in [0.4, 0.5) is 0 Å². The van der Waals surface area contributed by atoms with Gasteiger partial charge < -0.3 is 15.4 Å². The summed E-state index contributed by atoms with van der Waals surface area (Å²) in [5, 5.41) is 8.81. The molecule has 0 atom stereocenters. The Hall–Kier alpha value is -2.76.